The number of amides is 3. The lowest BCUT2D eigenvalue weighted by Crippen LogP contribution is -2.46. The molecule has 4 N–H and O–H groups in total. The normalized spacial score (nSPS) is 9.88. The summed E-state index contributed by atoms with van der Waals surface area (Å²) in [5.74, 6) is -2.17. The monoisotopic (exact) mass is 388 g/mol. The summed E-state index contributed by atoms with van der Waals surface area (Å²) in [4.78, 5) is 34.8. The summed E-state index contributed by atoms with van der Waals surface area (Å²) in [6.07, 6.45) is -0.148. The van der Waals surface area contributed by atoms with E-state index in [1.807, 2.05) is 0 Å². The number of carbonyl (C=O) groups excluding carboxylic acids is 3. The molecule has 136 valence electrons. The van der Waals surface area contributed by atoms with Crippen LogP contribution in [0.2, 0.25) is 10.0 Å². The lowest BCUT2D eigenvalue weighted by Gasteiger charge is -2.12. The third-order valence-corrected chi connectivity index (χ3v) is 3.28. The first-order valence-corrected chi connectivity index (χ1v) is 7.85. The summed E-state index contributed by atoms with van der Waals surface area (Å²) in [5.41, 5.74) is 5.10. The summed E-state index contributed by atoms with van der Waals surface area (Å²) in [6.45, 7) is 4.07. The summed E-state index contributed by atoms with van der Waals surface area (Å²) in [5, 5.41) is 5.65. The second-order valence-corrected chi connectivity index (χ2v) is 5.62. The Balaban J connectivity index is 2.37. The lowest BCUT2D eigenvalue weighted by atomic mass is 10.3. The van der Waals surface area contributed by atoms with Crippen molar-refractivity contribution in [1.82, 2.24) is 16.2 Å². The van der Waals surface area contributed by atoms with E-state index in [0.29, 0.717) is 15.7 Å². The molecule has 0 saturated heterocycles. The number of methoxy groups -OCH3 is 1. The van der Waals surface area contributed by atoms with Gasteiger partial charge in [-0.3, -0.25) is 19.8 Å². The van der Waals surface area contributed by atoms with Crippen molar-refractivity contribution in [2.45, 2.75) is 6.42 Å². The molecular formula is C15H18Cl2N4O4. The van der Waals surface area contributed by atoms with E-state index in [4.69, 9.17) is 27.9 Å². The molecule has 10 heteroatoms. The molecule has 0 aromatic heterocycles. The van der Waals surface area contributed by atoms with Crippen molar-refractivity contribution in [1.29, 1.82) is 0 Å². The van der Waals surface area contributed by atoms with Crippen LogP contribution >= 0.6 is 23.2 Å². The number of hydrazine groups is 1. The smallest absolute Gasteiger partial charge is 0.327 e. The van der Waals surface area contributed by atoms with Crippen molar-refractivity contribution in [2.75, 3.05) is 25.6 Å². The second-order valence-electron chi connectivity index (χ2n) is 4.78. The summed E-state index contributed by atoms with van der Waals surface area (Å²) in [7, 11) is 1.47. The molecule has 0 atom stereocenters. The average molecular weight is 389 g/mol. The second kappa shape index (κ2) is 10.5. The van der Waals surface area contributed by atoms with Gasteiger partial charge in [-0.25, -0.2) is 0 Å². The first kappa shape index (κ1) is 20.8. The quantitative estimate of drug-likeness (QED) is 0.304. The third kappa shape index (κ3) is 7.88. The Bertz CT molecular complexity index is 667. The van der Waals surface area contributed by atoms with E-state index in [9.17, 15) is 14.4 Å². The van der Waals surface area contributed by atoms with Crippen molar-refractivity contribution < 1.29 is 19.1 Å². The number of nitrogens with one attached hydrogen (secondary N) is 4. The molecule has 0 bridgehead atoms. The molecule has 3 amide bonds. The summed E-state index contributed by atoms with van der Waals surface area (Å²) in [6, 6.07) is 4.64. The van der Waals surface area contributed by atoms with Crippen molar-refractivity contribution in [3.63, 3.8) is 0 Å². The van der Waals surface area contributed by atoms with E-state index in [-0.39, 0.29) is 25.3 Å². The molecule has 0 spiro atoms. The maximum absolute atomic E-state index is 11.9. The van der Waals surface area contributed by atoms with E-state index >= 15 is 0 Å². The zero-order valence-electron chi connectivity index (χ0n) is 13.4. The highest BCUT2D eigenvalue weighted by molar-refractivity contribution is 6.36. The number of halogens is 2. The Morgan fingerprint density at radius 1 is 1.16 bits per heavy atom. The predicted molar refractivity (Wildman–Crippen MR) is 95.0 cm³/mol. The van der Waals surface area contributed by atoms with Crippen molar-refractivity contribution in [3.8, 4) is 0 Å². The number of hydrogen-bond acceptors (Lipinski definition) is 5. The van der Waals surface area contributed by atoms with Gasteiger partial charge in [-0.15, -0.1) is 0 Å². The van der Waals surface area contributed by atoms with Gasteiger partial charge in [-0.1, -0.05) is 29.8 Å². The van der Waals surface area contributed by atoms with E-state index in [1.54, 1.807) is 12.1 Å². The van der Waals surface area contributed by atoms with Gasteiger partial charge in [-0.05, 0) is 18.2 Å². The largest absolute Gasteiger partial charge is 0.383 e. The minimum Gasteiger partial charge on any atom is -0.383 e. The summed E-state index contributed by atoms with van der Waals surface area (Å²) >= 11 is 11.7. The molecule has 0 radical (unpaired) electrons. The highest BCUT2D eigenvalue weighted by atomic mass is 35.5. The molecule has 8 nitrogen and oxygen atoms in total. The minimum atomic E-state index is -0.918. The first-order valence-electron chi connectivity index (χ1n) is 7.09. The van der Waals surface area contributed by atoms with Crippen LogP contribution in [-0.2, 0) is 19.1 Å². The SMILES string of the molecule is C=C(CC(=O)Nc1ccc(Cl)cc1Cl)NNC(=O)C(=O)NCCOC. The molecule has 0 unspecified atom stereocenters. The lowest BCUT2D eigenvalue weighted by molar-refractivity contribution is -0.139. The van der Waals surface area contributed by atoms with Crippen molar-refractivity contribution in [3.05, 3.63) is 40.5 Å². The molecule has 1 rings (SSSR count). The van der Waals surface area contributed by atoms with Crippen LogP contribution in [0.4, 0.5) is 5.69 Å². The molecule has 0 saturated carbocycles. The van der Waals surface area contributed by atoms with Crippen LogP contribution in [0.1, 0.15) is 6.42 Å². The molecule has 1 aromatic rings. The topological polar surface area (TPSA) is 109 Å². The Labute approximate surface area is 154 Å². The van der Waals surface area contributed by atoms with Gasteiger partial charge in [0, 0.05) is 24.4 Å². The zero-order chi connectivity index (χ0) is 18.8. The number of anilines is 1. The molecule has 0 aliphatic heterocycles. The third-order valence-electron chi connectivity index (χ3n) is 2.73. The molecule has 0 aliphatic rings. The van der Waals surface area contributed by atoms with Gasteiger partial charge >= 0.3 is 11.8 Å². The highest BCUT2D eigenvalue weighted by Crippen LogP contribution is 2.25. The van der Waals surface area contributed by atoms with Gasteiger partial charge in [0.05, 0.1) is 23.7 Å². The predicted octanol–water partition coefficient (Wildman–Crippen LogP) is 1.22. The average Bonchev–Trinajstić information content (AvgIpc) is 2.55. The zero-order valence-corrected chi connectivity index (χ0v) is 15.0. The van der Waals surface area contributed by atoms with Crippen LogP contribution in [0.3, 0.4) is 0 Å². The molecule has 0 heterocycles. The Morgan fingerprint density at radius 3 is 2.52 bits per heavy atom. The summed E-state index contributed by atoms with van der Waals surface area (Å²) < 4.78 is 4.74. The van der Waals surface area contributed by atoms with E-state index in [1.165, 1.54) is 13.2 Å². The van der Waals surface area contributed by atoms with E-state index in [0.717, 1.165) is 0 Å². The fourth-order valence-corrected chi connectivity index (χ4v) is 2.03. The van der Waals surface area contributed by atoms with E-state index < -0.39 is 17.7 Å². The number of ether oxygens (including phenoxy) is 1. The van der Waals surface area contributed by atoms with Crippen molar-refractivity contribution >= 4 is 46.6 Å². The van der Waals surface area contributed by atoms with Crippen LogP contribution in [0.25, 0.3) is 0 Å². The van der Waals surface area contributed by atoms with Gasteiger partial charge in [0.15, 0.2) is 0 Å². The number of benzene rings is 1. The standard InChI is InChI=1S/C15H18Cl2N4O4/c1-9(20-21-15(24)14(23)18-5-6-25-2)7-13(22)19-12-4-3-10(16)8-11(12)17/h3-4,8,20H,1,5-7H2,2H3,(H,18,23)(H,19,22)(H,21,24). The molecule has 1 aromatic carbocycles. The van der Waals surface area contributed by atoms with Crippen molar-refractivity contribution in [2.24, 2.45) is 0 Å². The fourth-order valence-electron chi connectivity index (χ4n) is 1.57. The Morgan fingerprint density at radius 2 is 1.88 bits per heavy atom. The highest BCUT2D eigenvalue weighted by Gasteiger charge is 2.13. The Hall–Kier alpha value is -2.29. The maximum atomic E-state index is 11.9. The maximum Gasteiger partial charge on any atom is 0.327 e. The molecular weight excluding hydrogens is 371 g/mol. The molecule has 0 fully saturated rings. The fraction of sp³-hybridized carbons (Fsp3) is 0.267. The number of hydrogen-bond donors (Lipinski definition) is 4. The van der Waals surface area contributed by atoms with Gasteiger partial charge < -0.3 is 20.8 Å². The van der Waals surface area contributed by atoms with Crippen LogP contribution < -0.4 is 21.5 Å². The van der Waals surface area contributed by atoms with Gasteiger partial charge in [0.1, 0.15) is 0 Å². The van der Waals surface area contributed by atoms with Crippen LogP contribution in [-0.4, -0.2) is 38.0 Å². The number of carbonyl (C=O) groups is 3. The molecule has 0 aliphatic carbocycles. The van der Waals surface area contributed by atoms with Crippen LogP contribution in [0.15, 0.2) is 30.5 Å². The minimum absolute atomic E-state index is 0.148. The molecule has 25 heavy (non-hydrogen) atoms. The Kier molecular flexibility index (Phi) is 8.76. The van der Waals surface area contributed by atoms with Gasteiger partial charge in [0.2, 0.25) is 5.91 Å². The van der Waals surface area contributed by atoms with Crippen LogP contribution in [0, 0.1) is 0 Å². The first-order chi connectivity index (χ1) is 11.8. The van der Waals surface area contributed by atoms with Crippen LogP contribution in [0.5, 0.6) is 0 Å². The van der Waals surface area contributed by atoms with Gasteiger partial charge in [0.25, 0.3) is 0 Å². The van der Waals surface area contributed by atoms with E-state index in [2.05, 4.69) is 28.1 Å². The number of rotatable bonds is 8. The van der Waals surface area contributed by atoms with Gasteiger partial charge in [-0.2, -0.15) is 0 Å².